The van der Waals surface area contributed by atoms with Crippen molar-refractivity contribution in [1.82, 2.24) is 9.80 Å². The number of nitrogens with zero attached hydrogens (tertiary/aromatic N) is 2. The van der Waals surface area contributed by atoms with E-state index in [1.165, 1.54) is 0 Å². The van der Waals surface area contributed by atoms with Crippen LogP contribution in [0.25, 0.3) is 0 Å². The van der Waals surface area contributed by atoms with E-state index in [-0.39, 0.29) is 11.9 Å². The lowest BCUT2D eigenvalue weighted by molar-refractivity contribution is -0.131. The summed E-state index contributed by atoms with van der Waals surface area (Å²) in [6, 6.07) is 0.485. The topological polar surface area (TPSA) is 23.3 Å². The lowest BCUT2D eigenvalue weighted by Crippen LogP contribution is -2.37. The highest BCUT2D eigenvalue weighted by molar-refractivity contribution is 5.84. The van der Waals surface area contributed by atoms with Crippen LogP contribution in [0.15, 0.2) is 0 Å². The standard InChI is InChI=1S/C8H16N2O/c1-6(2)10(4)8(11)7-5-9(7)3/h6-7H,5H2,1-4H3. The van der Waals surface area contributed by atoms with Gasteiger partial charge in [0.15, 0.2) is 0 Å². The molecule has 1 heterocycles. The van der Waals surface area contributed by atoms with Gasteiger partial charge in [0.25, 0.3) is 0 Å². The van der Waals surface area contributed by atoms with Crippen molar-refractivity contribution in [3.63, 3.8) is 0 Å². The van der Waals surface area contributed by atoms with Gasteiger partial charge in [-0.05, 0) is 20.9 Å². The molecule has 1 aliphatic rings. The molecule has 0 spiro atoms. The third-order valence-electron chi connectivity index (χ3n) is 2.27. The zero-order valence-electron chi connectivity index (χ0n) is 7.66. The molecule has 0 aliphatic carbocycles. The summed E-state index contributed by atoms with van der Waals surface area (Å²) < 4.78 is 0. The second-order valence-electron chi connectivity index (χ2n) is 3.50. The molecule has 0 bridgehead atoms. The molecule has 0 radical (unpaired) electrons. The quantitative estimate of drug-likeness (QED) is 0.532. The average Bonchev–Trinajstić information content (AvgIpc) is 2.63. The molecule has 3 heteroatoms. The van der Waals surface area contributed by atoms with Crippen LogP contribution in [0, 0.1) is 0 Å². The molecular weight excluding hydrogens is 140 g/mol. The maximum Gasteiger partial charge on any atom is 0.241 e. The minimum Gasteiger partial charge on any atom is -0.342 e. The molecule has 3 nitrogen and oxygen atoms in total. The van der Waals surface area contributed by atoms with Gasteiger partial charge < -0.3 is 4.90 Å². The fourth-order valence-corrected chi connectivity index (χ4v) is 0.982. The van der Waals surface area contributed by atoms with Gasteiger partial charge in [-0.3, -0.25) is 9.69 Å². The van der Waals surface area contributed by atoms with Crippen LogP contribution >= 0.6 is 0 Å². The van der Waals surface area contributed by atoms with E-state index in [1.54, 1.807) is 4.90 Å². The Morgan fingerprint density at radius 1 is 1.64 bits per heavy atom. The summed E-state index contributed by atoms with van der Waals surface area (Å²) in [5, 5.41) is 0. The van der Waals surface area contributed by atoms with Crippen molar-refractivity contribution in [2.24, 2.45) is 0 Å². The van der Waals surface area contributed by atoms with Crippen LogP contribution in [0.2, 0.25) is 0 Å². The number of rotatable bonds is 2. The predicted octanol–water partition coefficient (Wildman–Crippen LogP) is 0.167. The molecule has 0 saturated carbocycles. The van der Waals surface area contributed by atoms with Gasteiger partial charge in [-0.1, -0.05) is 0 Å². The van der Waals surface area contributed by atoms with Crippen molar-refractivity contribution < 1.29 is 4.79 Å². The van der Waals surface area contributed by atoms with E-state index in [9.17, 15) is 4.79 Å². The largest absolute Gasteiger partial charge is 0.342 e. The Labute approximate surface area is 68.0 Å². The third kappa shape index (κ3) is 1.71. The van der Waals surface area contributed by atoms with E-state index in [1.807, 2.05) is 32.8 Å². The number of hydrogen-bond donors (Lipinski definition) is 0. The lowest BCUT2D eigenvalue weighted by Gasteiger charge is -2.20. The van der Waals surface area contributed by atoms with E-state index in [0.29, 0.717) is 6.04 Å². The predicted molar refractivity (Wildman–Crippen MR) is 44.3 cm³/mol. The Morgan fingerprint density at radius 3 is 2.36 bits per heavy atom. The van der Waals surface area contributed by atoms with Crippen molar-refractivity contribution in [3.8, 4) is 0 Å². The highest BCUT2D eigenvalue weighted by Gasteiger charge is 2.38. The van der Waals surface area contributed by atoms with Gasteiger partial charge in [-0.2, -0.15) is 0 Å². The summed E-state index contributed by atoms with van der Waals surface area (Å²) in [5.41, 5.74) is 0. The molecule has 0 aromatic heterocycles. The molecule has 1 amide bonds. The van der Waals surface area contributed by atoms with Crippen LogP contribution in [-0.2, 0) is 4.79 Å². The minimum atomic E-state index is 0.169. The van der Waals surface area contributed by atoms with Crippen LogP contribution in [0.5, 0.6) is 0 Å². The van der Waals surface area contributed by atoms with Gasteiger partial charge in [0.05, 0.1) is 0 Å². The molecular formula is C8H16N2O. The summed E-state index contributed by atoms with van der Waals surface area (Å²) in [4.78, 5) is 15.3. The van der Waals surface area contributed by atoms with Crippen LogP contribution in [0.4, 0.5) is 0 Å². The van der Waals surface area contributed by atoms with Gasteiger partial charge in [-0.15, -0.1) is 0 Å². The number of amides is 1. The van der Waals surface area contributed by atoms with E-state index in [4.69, 9.17) is 0 Å². The number of likely N-dealkylation sites (N-methyl/N-ethyl adjacent to an activating group) is 2. The van der Waals surface area contributed by atoms with E-state index >= 15 is 0 Å². The zero-order valence-corrected chi connectivity index (χ0v) is 7.66. The zero-order chi connectivity index (χ0) is 8.59. The molecule has 11 heavy (non-hydrogen) atoms. The van der Waals surface area contributed by atoms with E-state index < -0.39 is 0 Å². The number of hydrogen-bond acceptors (Lipinski definition) is 2. The molecule has 0 aromatic rings. The first-order valence-corrected chi connectivity index (χ1v) is 4.01. The third-order valence-corrected chi connectivity index (χ3v) is 2.27. The lowest BCUT2D eigenvalue weighted by atomic mass is 10.3. The second kappa shape index (κ2) is 2.81. The summed E-state index contributed by atoms with van der Waals surface area (Å²) in [5.74, 6) is 0.252. The van der Waals surface area contributed by atoms with Gasteiger partial charge in [0, 0.05) is 19.6 Å². The van der Waals surface area contributed by atoms with Gasteiger partial charge in [0.1, 0.15) is 6.04 Å². The van der Waals surface area contributed by atoms with Crippen LogP contribution in [0.3, 0.4) is 0 Å². The fourth-order valence-electron chi connectivity index (χ4n) is 0.982. The summed E-state index contributed by atoms with van der Waals surface area (Å²) in [6.07, 6.45) is 0. The maximum absolute atomic E-state index is 11.4. The fraction of sp³-hybridized carbons (Fsp3) is 0.875. The molecule has 2 atom stereocenters. The summed E-state index contributed by atoms with van der Waals surface area (Å²) in [7, 11) is 3.83. The Bertz CT molecular complexity index is 167. The van der Waals surface area contributed by atoms with E-state index in [2.05, 4.69) is 0 Å². The Kier molecular flexibility index (Phi) is 2.18. The van der Waals surface area contributed by atoms with Crippen LogP contribution < -0.4 is 0 Å². The average molecular weight is 156 g/mol. The second-order valence-corrected chi connectivity index (χ2v) is 3.50. The molecule has 1 fully saturated rings. The molecule has 0 N–H and O–H groups in total. The van der Waals surface area contributed by atoms with Crippen LogP contribution in [-0.4, -0.2) is 48.4 Å². The van der Waals surface area contributed by atoms with Crippen molar-refractivity contribution in [1.29, 1.82) is 0 Å². The van der Waals surface area contributed by atoms with Crippen molar-refractivity contribution in [2.75, 3.05) is 20.6 Å². The number of carbonyl (C=O) groups excluding carboxylic acids is 1. The first-order valence-electron chi connectivity index (χ1n) is 4.01. The molecule has 1 aliphatic heterocycles. The highest BCUT2D eigenvalue weighted by atomic mass is 16.2. The van der Waals surface area contributed by atoms with Crippen molar-refractivity contribution in [2.45, 2.75) is 25.9 Å². The van der Waals surface area contributed by atoms with Gasteiger partial charge >= 0.3 is 0 Å². The van der Waals surface area contributed by atoms with Crippen LogP contribution in [0.1, 0.15) is 13.8 Å². The van der Waals surface area contributed by atoms with Crippen molar-refractivity contribution in [3.05, 3.63) is 0 Å². The SMILES string of the molecule is CC(C)N(C)C(=O)C1CN1C. The smallest absolute Gasteiger partial charge is 0.241 e. The molecule has 1 rings (SSSR count). The number of carbonyl (C=O) groups is 1. The molecule has 0 aromatic carbocycles. The summed E-state index contributed by atoms with van der Waals surface area (Å²) in [6.45, 7) is 4.98. The molecule has 64 valence electrons. The van der Waals surface area contributed by atoms with E-state index in [0.717, 1.165) is 6.54 Å². The van der Waals surface area contributed by atoms with Gasteiger partial charge in [-0.25, -0.2) is 0 Å². The normalized spacial score (nSPS) is 28.8. The highest BCUT2D eigenvalue weighted by Crippen LogP contribution is 2.16. The maximum atomic E-state index is 11.4. The van der Waals surface area contributed by atoms with Crippen molar-refractivity contribution >= 4 is 5.91 Å². The first kappa shape index (κ1) is 8.53. The molecule has 2 unspecified atom stereocenters. The Morgan fingerprint density at radius 2 is 2.09 bits per heavy atom. The minimum absolute atomic E-state index is 0.169. The monoisotopic (exact) mass is 156 g/mol. The van der Waals surface area contributed by atoms with Gasteiger partial charge in [0.2, 0.25) is 5.91 Å². The Balaban J connectivity index is 2.42. The Hall–Kier alpha value is -0.570. The first-order chi connectivity index (χ1) is 5.04. The molecule has 1 saturated heterocycles. The summed E-state index contributed by atoms with van der Waals surface area (Å²) >= 11 is 0.